The molecule has 1 saturated carbocycles. The first-order chi connectivity index (χ1) is 9.11. The quantitative estimate of drug-likeness (QED) is 0.848. The highest BCUT2D eigenvalue weighted by atomic mass is 15.2. The number of nitrogens with zero attached hydrogens (tertiary/aromatic N) is 2. The molecular formula is C16H33N3. The van der Waals surface area contributed by atoms with Gasteiger partial charge in [-0.05, 0) is 58.3 Å². The van der Waals surface area contributed by atoms with Crippen molar-refractivity contribution in [2.75, 3.05) is 33.2 Å². The SMILES string of the molecule is CCN1CCC(CN)(N(C)C2CCCC(C)C2)CC1. The summed E-state index contributed by atoms with van der Waals surface area (Å²) in [5.74, 6) is 0.895. The van der Waals surface area contributed by atoms with E-state index in [9.17, 15) is 0 Å². The molecule has 112 valence electrons. The molecule has 2 unspecified atom stereocenters. The van der Waals surface area contributed by atoms with E-state index in [1.54, 1.807) is 0 Å². The molecule has 0 amide bonds. The molecule has 3 heteroatoms. The van der Waals surface area contributed by atoms with Crippen LogP contribution in [0.1, 0.15) is 52.4 Å². The number of nitrogens with two attached hydrogens (primary N) is 1. The number of likely N-dealkylation sites (tertiary alicyclic amines) is 1. The molecule has 0 radical (unpaired) electrons. The summed E-state index contributed by atoms with van der Waals surface area (Å²) in [7, 11) is 2.34. The van der Waals surface area contributed by atoms with E-state index in [4.69, 9.17) is 5.73 Å². The summed E-state index contributed by atoms with van der Waals surface area (Å²) in [4.78, 5) is 5.24. The highest BCUT2D eigenvalue weighted by molar-refractivity contribution is 4.98. The Bertz CT molecular complexity index is 271. The van der Waals surface area contributed by atoms with E-state index in [0.717, 1.165) is 18.5 Å². The molecule has 0 aromatic carbocycles. The van der Waals surface area contributed by atoms with Crippen molar-refractivity contribution in [3.8, 4) is 0 Å². The summed E-state index contributed by atoms with van der Waals surface area (Å²) >= 11 is 0. The van der Waals surface area contributed by atoms with Crippen LogP contribution in [0.2, 0.25) is 0 Å². The first-order valence-electron chi connectivity index (χ1n) is 8.26. The van der Waals surface area contributed by atoms with Gasteiger partial charge in [0.1, 0.15) is 0 Å². The van der Waals surface area contributed by atoms with Gasteiger partial charge < -0.3 is 10.6 Å². The summed E-state index contributed by atoms with van der Waals surface area (Å²) in [5.41, 5.74) is 6.48. The van der Waals surface area contributed by atoms with Gasteiger partial charge in [-0.3, -0.25) is 4.90 Å². The normalized spacial score (nSPS) is 32.7. The second-order valence-corrected chi connectivity index (χ2v) is 6.90. The predicted octanol–water partition coefficient (Wildman–Crippen LogP) is 2.31. The van der Waals surface area contributed by atoms with Crippen LogP contribution >= 0.6 is 0 Å². The average molecular weight is 267 g/mol. The average Bonchev–Trinajstić information content (AvgIpc) is 2.46. The van der Waals surface area contributed by atoms with Crippen LogP contribution in [-0.2, 0) is 0 Å². The Morgan fingerprint density at radius 3 is 2.47 bits per heavy atom. The Hall–Kier alpha value is -0.120. The molecule has 2 atom stereocenters. The van der Waals surface area contributed by atoms with Crippen LogP contribution in [0, 0.1) is 5.92 Å². The van der Waals surface area contributed by atoms with E-state index in [-0.39, 0.29) is 5.54 Å². The van der Waals surface area contributed by atoms with Crippen molar-refractivity contribution in [2.45, 2.75) is 64.0 Å². The minimum absolute atomic E-state index is 0.271. The molecule has 2 fully saturated rings. The van der Waals surface area contributed by atoms with Gasteiger partial charge in [0.25, 0.3) is 0 Å². The maximum atomic E-state index is 6.21. The van der Waals surface area contributed by atoms with Gasteiger partial charge in [0, 0.05) is 18.1 Å². The van der Waals surface area contributed by atoms with Gasteiger partial charge >= 0.3 is 0 Å². The molecule has 1 saturated heterocycles. The molecule has 1 aliphatic carbocycles. The van der Waals surface area contributed by atoms with Gasteiger partial charge in [0.2, 0.25) is 0 Å². The number of hydrogen-bond donors (Lipinski definition) is 1. The van der Waals surface area contributed by atoms with Crippen molar-refractivity contribution in [2.24, 2.45) is 11.7 Å². The fraction of sp³-hybridized carbons (Fsp3) is 1.00. The molecule has 2 N–H and O–H groups in total. The number of hydrogen-bond acceptors (Lipinski definition) is 3. The molecule has 3 nitrogen and oxygen atoms in total. The Morgan fingerprint density at radius 2 is 1.95 bits per heavy atom. The lowest BCUT2D eigenvalue weighted by Crippen LogP contribution is -2.61. The largest absolute Gasteiger partial charge is 0.329 e. The van der Waals surface area contributed by atoms with Crippen LogP contribution in [-0.4, -0.2) is 54.6 Å². The molecule has 2 rings (SSSR count). The van der Waals surface area contributed by atoms with Gasteiger partial charge in [-0.1, -0.05) is 26.7 Å². The second kappa shape index (κ2) is 6.55. The lowest BCUT2D eigenvalue weighted by Gasteiger charge is -2.51. The topological polar surface area (TPSA) is 32.5 Å². The Labute approximate surface area is 119 Å². The molecule has 1 heterocycles. The molecule has 0 spiro atoms. The Balaban J connectivity index is 2.00. The first-order valence-corrected chi connectivity index (χ1v) is 8.26. The van der Waals surface area contributed by atoms with Gasteiger partial charge in [0.05, 0.1) is 0 Å². The Morgan fingerprint density at radius 1 is 1.26 bits per heavy atom. The van der Waals surface area contributed by atoms with Crippen molar-refractivity contribution < 1.29 is 0 Å². The van der Waals surface area contributed by atoms with Gasteiger partial charge in [-0.15, -0.1) is 0 Å². The van der Waals surface area contributed by atoms with Crippen molar-refractivity contribution in [1.29, 1.82) is 0 Å². The van der Waals surface area contributed by atoms with Crippen molar-refractivity contribution in [3.63, 3.8) is 0 Å². The van der Waals surface area contributed by atoms with E-state index in [1.165, 1.54) is 58.2 Å². The molecule has 0 aromatic heterocycles. The fourth-order valence-corrected chi connectivity index (χ4v) is 4.13. The second-order valence-electron chi connectivity index (χ2n) is 6.90. The monoisotopic (exact) mass is 267 g/mol. The summed E-state index contributed by atoms with van der Waals surface area (Å²) < 4.78 is 0. The Kier molecular flexibility index (Phi) is 5.27. The zero-order valence-corrected chi connectivity index (χ0v) is 13.2. The summed E-state index contributed by atoms with van der Waals surface area (Å²) in [6.45, 7) is 9.13. The maximum Gasteiger partial charge on any atom is 0.0355 e. The standard InChI is InChI=1S/C16H33N3/c1-4-19-10-8-16(13-17,9-11-19)18(3)15-7-5-6-14(2)12-15/h14-15H,4-13,17H2,1-3H3. The first kappa shape index (κ1) is 15.3. The number of likely N-dealkylation sites (N-methyl/N-ethyl adjacent to an activating group) is 1. The van der Waals surface area contributed by atoms with Crippen LogP contribution in [0.4, 0.5) is 0 Å². The molecule has 1 aliphatic heterocycles. The van der Waals surface area contributed by atoms with Gasteiger partial charge in [-0.25, -0.2) is 0 Å². The lowest BCUT2D eigenvalue weighted by atomic mass is 9.80. The van der Waals surface area contributed by atoms with E-state index in [1.807, 2.05) is 0 Å². The van der Waals surface area contributed by atoms with E-state index in [2.05, 4.69) is 30.7 Å². The minimum Gasteiger partial charge on any atom is -0.329 e. The van der Waals surface area contributed by atoms with Gasteiger partial charge in [0.15, 0.2) is 0 Å². The third kappa shape index (κ3) is 3.32. The molecule has 19 heavy (non-hydrogen) atoms. The number of rotatable bonds is 4. The number of piperidine rings is 1. The minimum atomic E-state index is 0.271. The fourth-order valence-electron chi connectivity index (χ4n) is 4.13. The third-order valence-electron chi connectivity index (χ3n) is 5.82. The van der Waals surface area contributed by atoms with Crippen LogP contribution in [0.5, 0.6) is 0 Å². The van der Waals surface area contributed by atoms with Crippen LogP contribution in [0.15, 0.2) is 0 Å². The molecule has 0 bridgehead atoms. The van der Waals surface area contributed by atoms with Crippen molar-refractivity contribution >= 4 is 0 Å². The summed E-state index contributed by atoms with van der Waals surface area (Å²) in [5, 5.41) is 0. The van der Waals surface area contributed by atoms with Crippen molar-refractivity contribution in [3.05, 3.63) is 0 Å². The van der Waals surface area contributed by atoms with Crippen LogP contribution in [0.25, 0.3) is 0 Å². The third-order valence-corrected chi connectivity index (χ3v) is 5.82. The smallest absolute Gasteiger partial charge is 0.0355 e. The van der Waals surface area contributed by atoms with E-state index in [0.29, 0.717) is 0 Å². The summed E-state index contributed by atoms with van der Waals surface area (Å²) in [6.07, 6.45) is 8.06. The molecule has 2 aliphatic rings. The van der Waals surface area contributed by atoms with Gasteiger partial charge in [-0.2, -0.15) is 0 Å². The molecular weight excluding hydrogens is 234 g/mol. The van der Waals surface area contributed by atoms with Crippen molar-refractivity contribution in [1.82, 2.24) is 9.80 Å². The lowest BCUT2D eigenvalue weighted by molar-refractivity contribution is 0.000891. The summed E-state index contributed by atoms with van der Waals surface area (Å²) in [6, 6.07) is 0.764. The van der Waals surface area contributed by atoms with E-state index >= 15 is 0 Å². The zero-order valence-electron chi connectivity index (χ0n) is 13.2. The van der Waals surface area contributed by atoms with Crippen LogP contribution in [0.3, 0.4) is 0 Å². The predicted molar refractivity (Wildman–Crippen MR) is 82.3 cm³/mol. The maximum absolute atomic E-state index is 6.21. The molecule has 0 aromatic rings. The highest BCUT2D eigenvalue weighted by Crippen LogP contribution is 2.34. The van der Waals surface area contributed by atoms with Crippen LogP contribution < -0.4 is 5.73 Å². The zero-order chi connectivity index (χ0) is 13.9. The van der Waals surface area contributed by atoms with E-state index < -0.39 is 0 Å². The highest BCUT2D eigenvalue weighted by Gasteiger charge is 2.40.